The summed E-state index contributed by atoms with van der Waals surface area (Å²) in [4.78, 5) is 2.47. The van der Waals surface area contributed by atoms with Gasteiger partial charge in [-0.25, -0.2) is 0 Å². The van der Waals surface area contributed by atoms with Crippen LogP contribution < -0.4 is 4.90 Å². The van der Waals surface area contributed by atoms with Crippen molar-refractivity contribution in [2.75, 3.05) is 4.90 Å². The van der Waals surface area contributed by atoms with Crippen LogP contribution in [0.25, 0.3) is 66.4 Å². The molecule has 0 aromatic heterocycles. The first-order chi connectivity index (χ1) is 27.5. The molecule has 0 saturated carbocycles. The average molecular weight is 716 g/mol. The minimum atomic E-state index is -0.212. The number of anilines is 3. The maximum Gasteiger partial charge on any atom is 0.0549 e. The third-order valence-corrected chi connectivity index (χ3v) is 11.6. The molecule has 0 unspecified atom stereocenters. The predicted octanol–water partition coefficient (Wildman–Crippen LogP) is 15.3. The molecule has 0 amide bonds. The van der Waals surface area contributed by atoms with E-state index < -0.39 is 0 Å². The summed E-state index contributed by atoms with van der Waals surface area (Å²) in [5.74, 6) is 0. The fraction of sp³-hybridized carbons (Fsp3) is 0.0545. The second-order valence-electron chi connectivity index (χ2n) is 15.4. The highest BCUT2D eigenvalue weighted by molar-refractivity contribution is 6.06. The number of hydrogen-bond donors (Lipinski definition) is 0. The van der Waals surface area contributed by atoms with Gasteiger partial charge in [-0.3, -0.25) is 0 Å². The highest BCUT2D eigenvalue weighted by Gasteiger charge is 2.40. The number of fused-ring (bicyclic) bond motifs is 5. The molecule has 266 valence electrons. The summed E-state index contributed by atoms with van der Waals surface area (Å²) in [7, 11) is 0. The van der Waals surface area contributed by atoms with Crippen molar-refractivity contribution in [3.63, 3.8) is 0 Å². The minimum absolute atomic E-state index is 0.212. The Morgan fingerprint density at radius 1 is 0.357 bits per heavy atom. The monoisotopic (exact) mass is 715 g/mol. The lowest BCUT2D eigenvalue weighted by molar-refractivity contribution is 0.666. The van der Waals surface area contributed by atoms with Crippen LogP contribution in [-0.2, 0) is 5.41 Å². The summed E-state index contributed by atoms with van der Waals surface area (Å²) >= 11 is 0. The summed E-state index contributed by atoms with van der Waals surface area (Å²) in [6, 6.07) is 77.5. The summed E-state index contributed by atoms with van der Waals surface area (Å²) in [5.41, 5.74) is 18.2. The average Bonchev–Trinajstić information content (AvgIpc) is 3.51. The van der Waals surface area contributed by atoms with Crippen LogP contribution >= 0.6 is 0 Å². The van der Waals surface area contributed by atoms with Gasteiger partial charge >= 0.3 is 0 Å². The van der Waals surface area contributed by atoms with Crippen LogP contribution in [0.1, 0.15) is 25.0 Å². The van der Waals surface area contributed by atoms with Crippen LogP contribution in [0.4, 0.5) is 17.1 Å². The van der Waals surface area contributed by atoms with Gasteiger partial charge < -0.3 is 4.90 Å². The van der Waals surface area contributed by atoms with Crippen LogP contribution in [0.3, 0.4) is 0 Å². The lowest BCUT2D eigenvalue weighted by Gasteiger charge is -2.30. The maximum absolute atomic E-state index is 2.47. The fourth-order valence-corrected chi connectivity index (χ4v) is 8.82. The van der Waals surface area contributed by atoms with Gasteiger partial charge in [0.1, 0.15) is 0 Å². The molecule has 1 aliphatic rings. The second-order valence-corrected chi connectivity index (χ2v) is 15.4. The number of benzene rings is 9. The molecular formula is C55H41N. The predicted molar refractivity (Wildman–Crippen MR) is 238 cm³/mol. The Kier molecular flexibility index (Phi) is 8.23. The standard InChI is InChI=1S/C55H41N/c1-55(2)51-35-30-45(44-24-22-41(23-25-44)38-14-6-3-7-15-38)36-50(51)53-52(37-46-20-12-13-21-49(46)54(53)55)56(47-31-26-42(27-32-47)39-16-8-4-9-17-39)48-33-28-43(29-34-48)40-18-10-5-11-19-40/h3-37H,1-2H3. The van der Waals surface area contributed by atoms with Crippen molar-refractivity contribution in [2.24, 2.45) is 0 Å². The van der Waals surface area contributed by atoms with E-state index in [9.17, 15) is 0 Å². The molecule has 1 aliphatic carbocycles. The van der Waals surface area contributed by atoms with Crippen molar-refractivity contribution >= 4 is 27.8 Å². The van der Waals surface area contributed by atoms with E-state index in [0.29, 0.717) is 0 Å². The van der Waals surface area contributed by atoms with E-state index in [2.05, 4.69) is 231 Å². The van der Waals surface area contributed by atoms with Gasteiger partial charge in [0.05, 0.1) is 5.69 Å². The lowest BCUT2D eigenvalue weighted by atomic mass is 9.80. The molecule has 9 aromatic carbocycles. The normalized spacial score (nSPS) is 12.6. The van der Waals surface area contributed by atoms with E-state index in [1.54, 1.807) is 0 Å². The van der Waals surface area contributed by atoms with Crippen LogP contribution in [0.5, 0.6) is 0 Å². The summed E-state index contributed by atoms with van der Waals surface area (Å²) in [6.07, 6.45) is 0. The molecule has 1 heteroatoms. The Morgan fingerprint density at radius 2 is 0.750 bits per heavy atom. The van der Waals surface area contributed by atoms with Crippen LogP contribution in [0.2, 0.25) is 0 Å². The molecule has 0 aliphatic heterocycles. The topological polar surface area (TPSA) is 3.24 Å². The van der Waals surface area contributed by atoms with E-state index >= 15 is 0 Å². The Morgan fingerprint density at radius 3 is 1.25 bits per heavy atom. The molecular weight excluding hydrogens is 675 g/mol. The van der Waals surface area contributed by atoms with Crippen molar-refractivity contribution in [3.8, 4) is 55.6 Å². The Hall–Kier alpha value is -6.96. The van der Waals surface area contributed by atoms with E-state index in [1.165, 1.54) is 83.2 Å². The minimum Gasteiger partial charge on any atom is -0.310 e. The Balaban J connectivity index is 1.18. The van der Waals surface area contributed by atoms with E-state index in [4.69, 9.17) is 0 Å². The zero-order valence-corrected chi connectivity index (χ0v) is 31.7. The smallest absolute Gasteiger partial charge is 0.0549 e. The molecule has 0 atom stereocenters. The van der Waals surface area contributed by atoms with Gasteiger partial charge in [0.25, 0.3) is 0 Å². The van der Waals surface area contributed by atoms with Gasteiger partial charge in [0.2, 0.25) is 0 Å². The molecule has 0 saturated heterocycles. The highest BCUT2D eigenvalue weighted by Crippen LogP contribution is 2.57. The first kappa shape index (κ1) is 33.6. The van der Waals surface area contributed by atoms with Crippen molar-refractivity contribution < 1.29 is 0 Å². The number of rotatable bonds is 7. The van der Waals surface area contributed by atoms with Crippen LogP contribution in [0, 0.1) is 0 Å². The number of nitrogens with zero attached hydrogens (tertiary/aromatic N) is 1. The molecule has 1 nitrogen and oxygen atoms in total. The molecule has 0 N–H and O–H groups in total. The van der Waals surface area contributed by atoms with Crippen molar-refractivity contribution in [2.45, 2.75) is 19.3 Å². The van der Waals surface area contributed by atoms with Gasteiger partial charge in [-0.05, 0) is 108 Å². The zero-order chi connectivity index (χ0) is 37.6. The van der Waals surface area contributed by atoms with Gasteiger partial charge in [-0.15, -0.1) is 0 Å². The van der Waals surface area contributed by atoms with E-state index in [1.807, 2.05) is 0 Å². The van der Waals surface area contributed by atoms with Gasteiger partial charge in [0.15, 0.2) is 0 Å². The first-order valence-electron chi connectivity index (χ1n) is 19.5. The van der Waals surface area contributed by atoms with Gasteiger partial charge in [0, 0.05) is 22.4 Å². The Bertz CT molecular complexity index is 2740. The molecule has 0 radical (unpaired) electrons. The summed E-state index contributed by atoms with van der Waals surface area (Å²) in [5, 5.41) is 2.55. The van der Waals surface area contributed by atoms with Crippen molar-refractivity contribution in [3.05, 3.63) is 223 Å². The Labute approximate surface area is 329 Å². The highest BCUT2D eigenvalue weighted by atomic mass is 15.1. The maximum atomic E-state index is 2.47. The summed E-state index contributed by atoms with van der Waals surface area (Å²) < 4.78 is 0. The van der Waals surface area contributed by atoms with Crippen molar-refractivity contribution in [1.82, 2.24) is 0 Å². The lowest BCUT2D eigenvalue weighted by Crippen LogP contribution is -2.17. The quantitative estimate of drug-likeness (QED) is 0.159. The molecule has 0 heterocycles. The van der Waals surface area contributed by atoms with Gasteiger partial charge in [-0.2, -0.15) is 0 Å². The molecule has 0 bridgehead atoms. The second kappa shape index (κ2) is 13.7. The fourth-order valence-electron chi connectivity index (χ4n) is 8.82. The largest absolute Gasteiger partial charge is 0.310 e. The number of hydrogen-bond acceptors (Lipinski definition) is 1. The zero-order valence-electron chi connectivity index (χ0n) is 31.7. The molecule has 10 rings (SSSR count). The SMILES string of the molecule is CC1(C)c2ccc(-c3ccc(-c4ccccc4)cc3)cc2-c2c(N(c3ccc(-c4ccccc4)cc3)c3ccc(-c4ccccc4)cc3)cc3ccccc3c21. The summed E-state index contributed by atoms with van der Waals surface area (Å²) in [6.45, 7) is 4.80. The first-order valence-corrected chi connectivity index (χ1v) is 19.5. The molecule has 56 heavy (non-hydrogen) atoms. The third-order valence-electron chi connectivity index (χ3n) is 11.6. The molecule has 0 spiro atoms. The molecule has 0 fully saturated rings. The molecule has 9 aromatic rings. The van der Waals surface area contributed by atoms with Gasteiger partial charge in [-0.1, -0.05) is 190 Å². The van der Waals surface area contributed by atoms with Crippen molar-refractivity contribution in [1.29, 1.82) is 0 Å². The van der Waals surface area contributed by atoms with E-state index in [-0.39, 0.29) is 5.41 Å². The van der Waals surface area contributed by atoms with E-state index in [0.717, 1.165) is 11.4 Å². The van der Waals surface area contributed by atoms with Crippen LogP contribution in [0.15, 0.2) is 212 Å². The van der Waals surface area contributed by atoms with Crippen LogP contribution in [-0.4, -0.2) is 0 Å². The third kappa shape index (κ3) is 5.81.